The van der Waals surface area contributed by atoms with Gasteiger partial charge in [0.25, 0.3) is 0 Å². The fourth-order valence-electron chi connectivity index (χ4n) is 2.27. The zero-order valence-corrected chi connectivity index (χ0v) is 11.0. The summed E-state index contributed by atoms with van der Waals surface area (Å²) in [5.41, 5.74) is 0. The van der Waals surface area contributed by atoms with Gasteiger partial charge in [-0.2, -0.15) is 0 Å². The van der Waals surface area contributed by atoms with E-state index in [9.17, 15) is 12.8 Å². The first kappa shape index (κ1) is 13.5. The van der Waals surface area contributed by atoms with Crippen molar-refractivity contribution in [1.82, 2.24) is 5.32 Å². The zero-order valence-electron chi connectivity index (χ0n) is 10.2. The molecular formula is C13H18FNO2S. The average molecular weight is 271 g/mol. The van der Waals surface area contributed by atoms with Gasteiger partial charge in [-0.15, -0.1) is 0 Å². The maximum absolute atomic E-state index is 13.0. The third-order valence-electron chi connectivity index (χ3n) is 3.41. The van der Waals surface area contributed by atoms with E-state index in [0.717, 1.165) is 32.0 Å². The molecule has 1 N–H and O–H groups in total. The molecule has 18 heavy (non-hydrogen) atoms. The number of piperidine rings is 1. The Morgan fingerprint density at radius 2 is 2.00 bits per heavy atom. The molecule has 2 rings (SSSR count). The molecule has 1 aromatic rings. The Labute approximate surface area is 107 Å². The molecule has 0 amide bonds. The third kappa shape index (κ3) is 3.53. The molecule has 5 heteroatoms. The van der Waals surface area contributed by atoms with Crippen LogP contribution in [-0.4, -0.2) is 27.3 Å². The first-order valence-corrected chi connectivity index (χ1v) is 7.92. The summed E-state index contributed by atoms with van der Waals surface area (Å²) in [4.78, 5) is 0.0939. The van der Waals surface area contributed by atoms with Gasteiger partial charge in [-0.3, -0.25) is 0 Å². The largest absolute Gasteiger partial charge is 0.317 e. The molecule has 1 heterocycles. The lowest BCUT2D eigenvalue weighted by Crippen LogP contribution is -2.28. The monoisotopic (exact) mass is 271 g/mol. The summed E-state index contributed by atoms with van der Waals surface area (Å²) in [6, 6.07) is 5.25. The summed E-state index contributed by atoms with van der Waals surface area (Å²) in [6.45, 7) is 1.93. The van der Waals surface area contributed by atoms with Gasteiger partial charge in [0.1, 0.15) is 5.82 Å². The number of hydrogen-bond acceptors (Lipinski definition) is 3. The van der Waals surface area contributed by atoms with E-state index in [4.69, 9.17) is 0 Å². The molecule has 0 atom stereocenters. The molecule has 1 aromatic carbocycles. The van der Waals surface area contributed by atoms with Crippen molar-refractivity contribution in [3.63, 3.8) is 0 Å². The van der Waals surface area contributed by atoms with Crippen molar-refractivity contribution in [3.05, 3.63) is 30.1 Å². The Balaban J connectivity index is 1.98. The molecule has 0 spiro atoms. The molecular weight excluding hydrogens is 253 g/mol. The third-order valence-corrected chi connectivity index (χ3v) is 5.15. The van der Waals surface area contributed by atoms with Crippen LogP contribution in [0.1, 0.15) is 19.3 Å². The van der Waals surface area contributed by atoms with Crippen molar-refractivity contribution in [2.45, 2.75) is 24.2 Å². The molecule has 0 bridgehead atoms. The van der Waals surface area contributed by atoms with Crippen LogP contribution in [0.15, 0.2) is 29.2 Å². The molecule has 1 aliphatic rings. The van der Waals surface area contributed by atoms with Gasteiger partial charge in [0.05, 0.1) is 10.6 Å². The van der Waals surface area contributed by atoms with Crippen LogP contribution in [0.4, 0.5) is 4.39 Å². The van der Waals surface area contributed by atoms with E-state index >= 15 is 0 Å². The predicted molar refractivity (Wildman–Crippen MR) is 68.7 cm³/mol. The summed E-state index contributed by atoms with van der Waals surface area (Å²) >= 11 is 0. The summed E-state index contributed by atoms with van der Waals surface area (Å²) in [7, 11) is -3.34. The van der Waals surface area contributed by atoms with E-state index in [0.29, 0.717) is 12.3 Å². The number of benzene rings is 1. The van der Waals surface area contributed by atoms with Gasteiger partial charge in [0.2, 0.25) is 0 Å². The minimum absolute atomic E-state index is 0.0939. The van der Waals surface area contributed by atoms with Crippen molar-refractivity contribution in [2.24, 2.45) is 5.92 Å². The standard InChI is InChI=1S/C13H18FNO2S/c14-12-2-1-3-13(10-12)18(16,17)9-6-11-4-7-15-8-5-11/h1-3,10-11,15H,4-9H2. The summed E-state index contributed by atoms with van der Waals surface area (Å²) in [5.74, 6) is 0.0775. The number of hydrogen-bond donors (Lipinski definition) is 1. The van der Waals surface area contributed by atoms with Gasteiger partial charge in [0.15, 0.2) is 9.84 Å². The van der Waals surface area contributed by atoms with E-state index in [1.54, 1.807) is 0 Å². The van der Waals surface area contributed by atoms with Gasteiger partial charge in [0, 0.05) is 0 Å². The smallest absolute Gasteiger partial charge is 0.178 e. The van der Waals surface area contributed by atoms with Crippen LogP contribution in [-0.2, 0) is 9.84 Å². The van der Waals surface area contributed by atoms with Crippen LogP contribution in [0.25, 0.3) is 0 Å². The lowest BCUT2D eigenvalue weighted by Gasteiger charge is -2.22. The molecule has 1 fully saturated rings. The topological polar surface area (TPSA) is 46.2 Å². The van der Waals surface area contributed by atoms with Crippen molar-refractivity contribution < 1.29 is 12.8 Å². The summed E-state index contributed by atoms with van der Waals surface area (Å²) < 4.78 is 37.1. The van der Waals surface area contributed by atoms with E-state index in [1.165, 1.54) is 18.2 Å². The molecule has 3 nitrogen and oxygen atoms in total. The molecule has 0 radical (unpaired) electrons. The second-order valence-electron chi connectivity index (χ2n) is 4.76. The molecule has 1 saturated heterocycles. The first-order valence-electron chi connectivity index (χ1n) is 6.27. The Hall–Kier alpha value is -0.940. The van der Waals surface area contributed by atoms with Gasteiger partial charge < -0.3 is 5.32 Å². The van der Waals surface area contributed by atoms with Gasteiger partial charge >= 0.3 is 0 Å². The van der Waals surface area contributed by atoms with Gasteiger partial charge in [-0.05, 0) is 56.5 Å². The van der Waals surface area contributed by atoms with E-state index in [-0.39, 0.29) is 10.6 Å². The highest BCUT2D eigenvalue weighted by molar-refractivity contribution is 7.91. The minimum Gasteiger partial charge on any atom is -0.317 e. The van der Waals surface area contributed by atoms with Crippen LogP contribution in [0.2, 0.25) is 0 Å². The highest BCUT2D eigenvalue weighted by Crippen LogP contribution is 2.20. The normalized spacial score (nSPS) is 17.8. The van der Waals surface area contributed by atoms with E-state index in [2.05, 4.69) is 5.32 Å². The van der Waals surface area contributed by atoms with E-state index in [1.807, 2.05) is 0 Å². The van der Waals surface area contributed by atoms with Crippen molar-refractivity contribution >= 4 is 9.84 Å². The van der Waals surface area contributed by atoms with Crippen molar-refractivity contribution in [2.75, 3.05) is 18.8 Å². The average Bonchev–Trinajstić information content (AvgIpc) is 2.38. The van der Waals surface area contributed by atoms with Crippen LogP contribution in [0, 0.1) is 11.7 Å². The van der Waals surface area contributed by atoms with Crippen LogP contribution < -0.4 is 5.32 Å². The predicted octanol–water partition coefficient (Wildman–Crippen LogP) is 1.99. The summed E-state index contributed by atoms with van der Waals surface area (Å²) in [5, 5.41) is 3.25. The van der Waals surface area contributed by atoms with Crippen LogP contribution >= 0.6 is 0 Å². The molecule has 0 saturated carbocycles. The zero-order chi connectivity index (χ0) is 13.0. The highest BCUT2D eigenvalue weighted by Gasteiger charge is 2.19. The second-order valence-corrected chi connectivity index (χ2v) is 6.87. The highest BCUT2D eigenvalue weighted by atomic mass is 32.2. The Bertz CT molecular complexity index is 495. The molecule has 100 valence electrons. The van der Waals surface area contributed by atoms with Crippen molar-refractivity contribution in [1.29, 1.82) is 0 Å². The fourth-order valence-corrected chi connectivity index (χ4v) is 3.73. The Morgan fingerprint density at radius 1 is 1.28 bits per heavy atom. The Kier molecular flexibility index (Phi) is 4.35. The summed E-state index contributed by atoms with van der Waals surface area (Å²) in [6.07, 6.45) is 2.72. The van der Waals surface area contributed by atoms with Crippen LogP contribution in [0.3, 0.4) is 0 Å². The molecule has 0 unspecified atom stereocenters. The molecule has 1 aliphatic heterocycles. The number of rotatable bonds is 4. The SMILES string of the molecule is O=S(=O)(CCC1CCNCC1)c1cccc(F)c1. The number of nitrogens with one attached hydrogen (secondary N) is 1. The number of halogens is 1. The van der Waals surface area contributed by atoms with Crippen LogP contribution in [0.5, 0.6) is 0 Å². The quantitative estimate of drug-likeness (QED) is 0.911. The second kappa shape index (κ2) is 5.80. The lowest BCUT2D eigenvalue weighted by atomic mass is 9.96. The maximum Gasteiger partial charge on any atom is 0.178 e. The molecule has 0 aromatic heterocycles. The number of sulfone groups is 1. The van der Waals surface area contributed by atoms with Gasteiger partial charge in [-0.1, -0.05) is 6.07 Å². The Morgan fingerprint density at radius 3 is 2.67 bits per heavy atom. The first-order chi connectivity index (χ1) is 8.58. The van der Waals surface area contributed by atoms with E-state index < -0.39 is 15.7 Å². The van der Waals surface area contributed by atoms with Crippen molar-refractivity contribution in [3.8, 4) is 0 Å². The molecule has 0 aliphatic carbocycles. The fraction of sp³-hybridized carbons (Fsp3) is 0.538. The maximum atomic E-state index is 13.0. The minimum atomic E-state index is -3.34. The van der Waals surface area contributed by atoms with Gasteiger partial charge in [-0.25, -0.2) is 12.8 Å². The lowest BCUT2D eigenvalue weighted by molar-refractivity contribution is 0.365.